The Bertz CT molecular complexity index is 1150. The van der Waals surface area contributed by atoms with Gasteiger partial charge < -0.3 is 43.2 Å². The number of carbonyl (C=O) groups is 6. The molecule has 11 N–H and O–H groups in total. The number of fused-ring (bicyclic) bond motifs is 1. The second-order valence-corrected chi connectivity index (χ2v) is 8.08. The van der Waals surface area contributed by atoms with E-state index in [2.05, 4.69) is 20.9 Å². The number of hydrogen-bond donors (Lipinski definition) is 8. The van der Waals surface area contributed by atoms with E-state index in [9.17, 15) is 28.8 Å². The fraction of sp³-hybridized carbons (Fsp3) is 0.364. The molecule has 3 unspecified atom stereocenters. The Morgan fingerprint density at radius 2 is 1.58 bits per heavy atom. The third-order valence-corrected chi connectivity index (χ3v) is 5.22. The van der Waals surface area contributed by atoms with Gasteiger partial charge in [0.2, 0.25) is 29.5 Å². The van der Waals surface area contributed by atoms with Crippen molar-refractivity contribution in [3.8, 4) is 0 Å². The summed E-state index contributed by atoms with van der Waals surface area (Å²) in [4.78, 5) is 74.4. The van der Waals surface area contributed by atoms with E-state index in [4.69, 9.17) is 22.3 Å². The summed E-state index contributed by atoms with van der Waals surface area (Å²) in [6.45, 7) is -0.709. The number of aromatic nitrogens is 1. The zero-order valence-electron chi connectivity index (χ0n) is 19.3. The number of carbonyl (C=O) groups excluding carboxylic acids is 5. The summed E-state index contributed by atoms with van der Waals surface area (Å²) in [6, 6.07) is 3.36. The molecule has 14 nitrogen and oxygen atoms in total. The molecule has 2 rings (SSSR count). The van der Waals surface area contributed by atoms with Crippen molar-refractivity contribution in [2.45, 2.75) is 43.8 Å². The second-order valence-electron chi connectivity index (χ2n) is 8.08. The van der Waals surface area contributed by atoms with Gasteiger partial charge in [0, 0.05) is 29.9 Å². The smallest absolute Gasteiger partial charge is 0.322 e. The predicted octanol–water partition coefficient (Wildman–Crippen LogP) is -2.65. The summed E-state index contributed by atoms with van der Waals surface area (Å²) in [6.07, 6.45) is 0.705. The van der Waals surface area contributed by atoms with E-state index >= 15 is 0 Å². The highest BCUT2D eigenvalue weighted by Crippen LogP contribution is 2.19. The van der Waals surface area contributed by atoms with Gasteiger partial charge in [0.15, 0.2) is 0 Å². The zero-order valence-corrected chi connectivity index (χ0v) is 19.3. The van der Waals surface area contributed by atoms with Crippen molar-refractivity contribution in [1.82, 2.24) is 20.9 Å². The molecular weight excluding hydrogens is 474 g/mol. The van der Waals surface area contributed by atoms with Crippen molar-refractivity contribution in [2.75, 3.05) is 6.54 Å². The quantitative estimate of drug-likeness (QED) is 0.135. The molecule has 0 fully saturated rings. The Labute approximate surface area is 205 Å². The Kier molecular flexibility index (Phi) is 9.92. The molecule has 1 heterocycles. The number of benzene rings is 1. The Balaban J connectivity index is 2.27. The lowest BCUT2D eigenvalue weighted by molar-refractivity contribution is -0.138. The van der Waals surface area contributed by atoms with Crippen LogP contribution in [0.4, 0.5) is 0 Å². The minimum Gasteiger partial charge on any atom is -0.480 e. The molecular formula is C22H29N7O7. The van der Waals surface area contributed by atoms with Crippen LogP contribution >= 0.6 is 0 Å². The van der Waals surface area contributed by atoms with Crippen LogP contribution in [-0.2, 0) is 35.2 Å². The van der Waals surface area contributed by atoms with Crippen molar-refractivity contribution < 1.29 is 33.9 Å². The van der Waals surface area contributed by atoms with E-state index in [1.54, 1.807) is 12.3 Å². The minimum absolute atomic E-state index is 0.0236. The largest absolute Gasteiger partial charge is 0.480 e. The first-order valence-electron chi connectivity index (χ1n) is 10.9. The normalized spacial score (nSPS) is 13.2. The van der Waals surface area contributed by atoms with Gasteiger partial charge in [-0.15, -0.1) is 0 Å². The van der Waals surface area contributed by atoms with Gasteiger partial charge in [0.1, 0.15) is 18.6 Å². The number of H-pyrrole nitrogens is 1. The van der Waals surface area contributed by atoms with E-state index in [1.165, 1.54) is 0 Å². The average molecular weight is 504 g/mol. The molecule has 0 saturated heterocycles. The lowest BCUT2D eigenvalue weighted by atomic mass is 10.0. The van der Waals surface area contributed by atoms with Crippen molar-refractivity contribution in [3.05, 3.63) is 36.0 Å². The third-order valence-electron chi connectivity index (χ3n) is 5.22. The monoisotopic (exact) mass is 503 g/mol. The molecule has 1 aromatic heterocycles. The first kappa shape index (κ1) is 27.8. The molecule has 36 heavy (non-hydrogen) atoms. The number of primary amides is 2. The number of nitrogens with one attached hydrogen (secondary N) is 4. The summed E-state index contributed by atoms with van der Waals surface area (Å²) < 4.78 is 0. The molecule has 1 aromatic carbocycles. The molecule has 0 radical (unpaired) electrons. The predicted molar refractivity (Wildman–Crippen MR) is 127 cm³/mol. The van der Waals surface area contributed by atoms with Crippen molar-refractivity contribution in [1.29, 1.82) is 0 Å². The van der Waals surface area contributed by atoms with E-state index in [-0.39, 0.29) is 19.3 Å². The molecule has 0 spiro atoms. The number of aliphatic carboxylic acids is 1. The molecule has 3 atom stereocenters. The van der Waals surface area contributed by atoms with Crippen LogP contribution in [0, 0.1) is 0 Å². The van der Waals surface area contributed by atoms with Crippen LogP contribution in [0.1, 0.15) is 24.8 Å². The molecule has 0 aliphatic heterocycles. The zero-order chi connectivity index (χ0) is 26.8. The van der Waals surface area contributed by atoms with Gasteiger partial charge in [0.05, 0.1) is 12.5 Å². The van der Waals surface area contributed by atoms with Gasteiger partial charge in [-0.05, 0) is 18.1 Å². The van der Waals surface area contributed by atoms with Crippen LogP contribution in [0.15, 0.2) is 30.5 Å². The highest BCUT2D eigenvalue weighted by Gasteiger charge is 2.29. The fourth-order valence-corrected chi connectivity index (χ4v) is 3.43. The number of aromatic amines is 1. The molecule has 14 heteroatoms. The molecule has 0 aliphatic rings. The number of carboxylic acid groups (broad SMARTS) is 1. The molecule has 194 valence electrons. The van der Waals surface area contributed by atoms with E-state index in [0.717, 1.165) is 10.9 Å². The highest BCUT2D eigenvalue weighted by atomic mass is 16.4. The van der Waals surface area contributed by atoms with Crippen LogP contribution in [0.5, 0.6) is 0 Å². The lowest BCUT2D eigenvalue weighted by Gasteiger charge is -2.24. The van der Waals surface area contributed by atoms with E-state index in [1.807, 2.05) is 18.2 Å². The van der Waals surface area contributed by atoms with Crippen LogP contribution in [-0.4, -0.2) is 70.3 Å². The van der Waals surface area contributed by atoms with Gasteiger partial charge in [0.25, 0.3) is 0 Å². The number of nitrogens with two attached hydrogens (primary N) is 3. The van der Waals surface area contributed by atoms with Gasteiger partial charge >= 0.3 is 5.97 Å². The number of rotatable bonds is 14. The van der Waals surface area contributed by atoms with E-state index in [0.29, 0.717) is 5.56 Å². The van der Waals surface area contributed by atoms with Gasteiger partial charge in [-0.2, -0.15) is 0 Å². The standard InChI is InChI=1S/C22H29N7O7/c23-13(8-18(25)31)20(34)29-16(7-11-9-26-14-4-2-1-3-12(11)14)22(36)28-15(5-6-17(24)30)21(35)27-10-19(32)33/h1-4,9,13,15-16,26H,5-8,10,23H2,(H2,24,30)(H2,25,31)(H,27,35)(H,28,36)(H,29,34)(H,32,33). The summed E-state index contributed by atoms with van der Waals surface area (Å²) in [5.41, 5.74) is 17.4. The van der Waals surface area contributed by atoms with Crippen LogP contribution < -0.4 is 33.2 Å². The summed E-state index contributed by atoms with van der Waals surface area (Å²) in [7, 11) is 0. The Morgan fingerprint density at radius 1 is 0.917 bits per heavy atom. The summed E-state index contributed by atoms with van der Waals surface area (Å²) >= 11 is 0. The Hall–Kier alpha value is -4.46. The second kappa shape index (κ2) is 12.9. The maximum absolute atomic E-state index is 13.2. The number of hydrogen-bond acceptors (Lipinski definition) is 7. The van der Waals surface area contributed by atoms with Gasteiger partial charge in [-0.25, -0.2) is 0 Å². The maximum Gasteiger partial charge on any atom is 0.322 e. The van der Waals surface area contributed by atoms with Crippen molar-refractivity contribution in [2.24, 2.45) is 17.2 Å². The minimum atomic E-state index is -1.31. The molecule has 2 aromatic rings. The van der Waals surface area contributed by atoms with E-state index < -0.39 is 66.6 Å². The van der Waals surface area contributed by atoms with Crippen LogP contribution in [0.2, 0.25) is 0 Å². The average Bonchev–Trinajstić information content (AvgIpc) is 3.21. The number of amides is 5. The SMILES string of the molecule is NC(=O)CCC(NC(=O)C(Cc1c[nH]c2ccccc12)NC(=O)C(N)CC(N)=O)C(=O)NCC(=O)O. The molecule has 0 bridgehead atoms. The topological polar surface area (TPSA) is 253 Å². The number of para-hydroxylation sites is 1. The third kappa shape index (κ3) is 8.39. The van der Waals surface area contributed by atoms with Crippen molar-refractivity contribution in [3.63, 3.8) is 0 Å². The summed E-state index contributed by atoms with van der Waals surface area (Å²) in [5.74, 6) is -5.33. The Morgan fingerprint density at radius 3 is 2.22 bits per heavy atom. The van der Waals surface area contributed by atoms with Gasteiger partial charge in [-0.1, -0.05) is 18.2 Å². The number of carboxylic acids is 1. The van der Waals surface area contributed by atoms with Gasteiger partial charge in [-0.3, -0.25) is 28.8 Å². The van der Waals surface area contributed by atoms with Crippen LogP contribution in [0.25, 0.3) is 10.9 Å². The first-order valence-corrected chi connectivity index (χ1v) is 10.9. The first-order chi connectivity index (χ1) is 17.0. The van der Waals surface area contributed by atoms with Crippen LogP contribution in [0.3, 0.4) is 0 Å². The lowest BCUT2D eigenvalue weighted by Crippen LogP contribution is -2.57. The summed E-state index contributed by atoms with van der Waals surface area (Å²) in [5, 5.41) is 16.6. The molecule has 5 amide bonds. The highest BCUT2D eigenvalue weighted by molar-refractivity contribution is 5.95. The maximum atomic E-state index is 13.2. The fourth-order valence-electron chi connectivity index (χ4n) is 3.43. The van der Waals surface area contributed by atoms with Crippen molar-refractivity contribution >= 4 is 46.4 Å². The molecule has 0 saturated carbocycles. The molecule has 0 aliphatic carbocycles.